The lowest BCUT2D eigenvalue weighted by Gasteiger charge is -2.26. The van der Waals surface area contributed by atoms with Crippen molar-refractivity contribution < 1.29 is 8.42 Å². The van der Waals surface area contributed by atoms with Crippen LogP contribution >= 0.6 is 0 Å². The first-order valence-electron chi connectivity index (χ1n) is 6.45. The van der Waals surface area contributed by atoms with Gasteiger partial charge in [0.1, 0.15) is 4.90 Å². The SMILES string of the molecule is CCNc1ncc(S(=O)(=O)NN2CCCCC2)cn1. The van der Waals surface area contributed by atoms with Crippen LogP contribution in [0.15, 0.2) is 17.3 Å². The molecular formula is C11H19N5O2S. The Bertz CT molecular complexity index is 496. The summed E-state index contributed by atoms with van der Waals surface area (Å²) in [5.74, 6) is 0.430. The normalized spacial score (nSPS) is 17.3. The highest BCUT2D eigenvalue weighted by Crippen LogP contribution is 2.11. The van der Waals surface area contributed by atoms with E-state index in [1.807, 2.05) is 6.92 Å². The van der Waals surface area contributed by atoms with Crippen LogP contribution in [0.4, 0.5) is 5.95 Å². The Morgan fingerprint density at radius 3 is 2.42 bits per heavy atom. The number of hydrazine groups is 1. The second-order valence-electron chi connectivity index (χ2n) is 4.42. The molecule has 2 rings (SSSR count). The van der Waals surface area contributed by atoms with Crippen molar-refractivity contribution in [3.63, 3.8) is 0 Å². The van der Waals surface area contributed by atoms with Crippen molar-refractivity contribution in [1.82, 2.24) is 19.8 Å². The fraction of sp³-hybridized carbons (Fsp3) is 0.636. The minimum atomic E-state index is -3.57. The van der Waals surface area contributed by atoms with E-state index < -0.39 is 10.0 Å². The van der Waals surface area contributed by atoms with E-state index in [1.165, 1.54) is 12.4 Å². The molecule has 0 atom stereocenters. The number of aromatic nitrogens is 2. The molecule has 8 heteroatoms. The quantitative estimate of drug-likeness (QED) is 0.823. The number of rotatable bonds is 5. The molecule has 0 bridgehead atoms. The summed E-state index contributed by atoms with van der Waals surface area (Å²) < 4.78 is 24.2. The number of anilines is 1. The smallest absolute Gasteiger partial charge is 0.256 e. The Kier molecular flexibility index (Phi) is 4.67. The first kappa shape index (κ1) is 14.2. The molecule has 0 amide bonds. The Morgan fingerprint density at radius 1 is 1.21 bits per heavy atom. The number of hydrogen-bond acceptors (Lipinski definition) is 6. The highest BCUT2D eigenvalue weighted by atomic mass is 32.2. The lowest BCUT2D eigenvalue weighted by molar-refractivity contribution is 0.200. The van der Waals surface area contributed by atoms with Crippen LogP contribution in [0.25, 0.3) is 0 Å². The average molecular weight is 285 g/mol. The van der Waals surface area contributed by atoms with Crippen LogP contribution in [0.2, 0.25) is 0 Å². The zero-order valence-electron chi connectivity index (χ0n) is 11.0. The minimum absolute atomic E-state index is 0.0831. The average Bonchev–Trinajstić information content (AvgIpc) is 2.40. The maximum absolute atomic E-state index is 12.1. The third-order valence-corrected chi connectivity index (χ3v) is 4.21. The number of piperidine rings is 1. The van der Waals surface area contributed by atoms with Crippen LogP contribution in [0, 0.1) is 0 Å². The number of sulfonamides is 1. The van der Waals surface area contributed by atoms with Gasteiger partial charge in [-0.05, 0) is 19.8 Å². The topological polar surface area (TPSA) is 87.2 Å². The van der Waals surface area contributed by atoms with E-state index in [9.17, 15) is 8.42 Å². The summed E-state index contributed by atoms with van der Waals surface area (Å²) in [5.41, 5.74) is 0. The first-order valence-corrected chi connectivity index (χ1v) is 7.93. The van der Waals surface area contributed by atoms with Gasteiger partial charge in [0.25, 0.3) is 10.0 Å². The predicted molar refractivity (Wildman–Crippen MR) is 71.9 cm³/mol. The Labute approximate surface area is 113 Å². The van der Waals surface area contributed by atoms with Crippen molar-refractivity contribution in [2.75, 3.05) is 25.0 Å². The van der Waals surface area contributed by atoms with Crippen molar-refractivity contribution in [2.45, 2.75) is 31.1 Å². The van der Waals surface area contributed by atoms with Crippen molar-refractivity contribution >= 4 is 16.0 Å². The van der Waals surface area contributed by atoms with Crippen LogP contribution in [-0.4, -0.2) is 43.0 Å². The fourth-order valence-electron chi connectivity index (χ4n) is 1.91. The van der Waals surface area contributed by atoms with E-state index in [-0.39, 0.29) is 4.90 Å². The molecule has 1 aromatic rings. The lowest BCUT2D eigenvalue weighted by Crippen LogP contribution is -2.44. The molecule has 0 spiro atoms. The van der Waals surface area contributed by atoms with Gasteiger partial charge in [-0.25, -0.2) is 23.4 Å². The van der Waals surface area contributed by atoms with Gasteiger partial charge in [-0.15, -0.1) is 4.83 Å². The van der Waals surface area contributed by atoms with Gasteiger partial charge in [-0.1, -0.05) is 6.42 Å². The second kappa shape index (κ2) is 6.27. The number of nitrogens with zero attached hydrogens (tertiary/aromatic N) is 3. The molecule has 106 valence electrons. The van der Waals surface area contributed by atoms with Crippen molar-refractivity contribution in [3.8, 4) is 0 Å². The van der Waals surface area contributed by atoms with Crippen molar-refractivity contribution in [2.24, 2.45) is 0 Å². The Balaban J connectivity index is 2.05. The molecule has 1 aromatic heterocycles. The zero-order valence-corrected chi connectivity index (χ0v) is 11.8. The molecule has 7 nitrogen and oxygen atoms in total. The Hall–Kier alpha value is -1.25. The van der Waals surface area contributed by atoms with E-state index in [1.54, 1.807) is 5.01 Å². The van der Waals surface area contributed by atoms with E-state index >= 15 is 0 Å². The summed E-state index contributed by atoms with van der Waals surface area (Å²) >= 11 is 0. The molecule has 0 aliphatic carbocycles. The molecular weight excluding hydrogens is 266 g/mol. The third-order valence-electron chi connectivity index (χ3n) is 2.88. The third kappa shape index (κ3) is 3.85. The van der Waals surface area contributed by atoms with Gasteiger partial charge in [0, 0.05) is 19.6 Å². The van der Waals surface area contributed by atoms with Crippen LogP contribution in [0.5, 0.6) is 0 Å². The van der Waals surface area contributed by atoms with Crippen molar-refractivity contribution in [1.29, 1.82) is 0 Å². The monoisotopic (exact) mass is 285 g/mol. The fourth-order valence-corrected chi connectivity index (χ4v) is 2.92. The molecule has 19 heavy (non-hydrogen) atoms. The molecule has 1 saturated heterocycles. The van der Waals surface area contributed by atoms with Gasteiger partial charge in [0.2, 0.25) is 5.95 Å². The number of hydrogen-bond donors (Lipinski definition) is 2. The highest BCUT2D eigenvalue weighted by Gasteiger charge is 2.20. The molecule has 1 aliphatic heterocycles. The van der Waals surface area contributed by atoms with Crippen LogP contribution in [0.1, 0.15) is 26.2 Å². The molecule has 1 fully saturated rings. The summed E-state index contributed by atoms with van der Waals surface area (Å²) in [6.45, 7) is 4.11. The van der Waals surface area contributed by atoms with Gasteiger partial charge in [-0.2, -0.15) is 0 Å². The zero-order chi connectivity index (χ0) is 13.7. The number of nitrogens with one attached hydrogen (secondary N) is 2. The molecule has 0 aromatic carbocycles. The van der Waals surface area contributed by atoms with Gasteiger partial charge in [0.05, 0.1) is 12.4 Å². The van der Waals surface area contributed by atoms with Gasteiger partial charge in [0.15, 0.2) is 0 Å². The van der Waals surface area contributed by atoms with Crippen LogP contribution in [0.3, 0.4) is 0 Å². The molecule has 0 unspecified atom stereocenters. The van der Waals surface area contributed by atoms with E-state index in [0.29, 0.717) is 12.5 Å². The summed E-state index contributed by atoms with van der Waals surface area (Å²) in [4.78, 5) is 10.6. The summed E-state index contributed by atoms with van der Waals surface area (Å²) in [6, 6.07) is 0. The van der Waals surface area contributed by atoms with Crippen LogP contribution in [-0.2, 0) is 10.0 Å². The van der Waals surface area contributed by atoms with Crippen LogP contribution < -0.4 is 10.1 Å². The molecule has 2 heterocycles. The Morgan fingerprint density at radius 2 is 1.84 bits per heavy atom. The van der Waals surface area contributed by atoms with E-state index in [4.69, 9.17) is 0 Å². The van der Waals surface area contributed by atoms with Gasteiger partial charge >= 0.3 is 0 Å². The molecule has 2 N–H and O–H groups in total. The maximum atomic E-state index is 12.1. The van der Waals surface area contributed by atoms with Gasteiger partial charge in [-0.3, -0.25) is 0 Å². The predicted octanol–water partition coefficient (Wildman–Crippen LogP) is 0.588. The van der Waals surface area contributed by atoms with E-state index in [0.717, 1.165) is 32.4 Å². The van der Waals surface area contributed by atoms with Crippen molar-refractivity contribution in [3.05, 3.63) is 12.4 Å². The van der Waals surface area contributed by atoms with E-state index in [2.05, 4.69) is 20.1 Å². The minimum Gasteiger partial charge on any atom is -0.355 e. The summed E-state index contributed by atoms with van der Waals surface area (Å²) in [5, 5.41) is 4.65. The second-order valence-corrected chi connectivity index (χ2v) is 6.08. The standard InChI is InChI=1S/C11H19N5O2S/c1-2-12-11-13-8-10(9-14-11)19(17,18)15-16-6-4-3-5-7-16/h8-9,15H,2-7H2,1H3,(H,12,13,14). The largest absolute Gasteiger partial charge is 0.355 e. The summed E-state index contributed by atoms with van der Waals surface area (Å²) in [6.07, 6.45) is 5.81. The lowest BCUT2D eigenvalue weighted by atomic mass is 10.2. The first-order chi connectivity index (χ1) is 9.12. The summed E-state index contributed by atoms with van der Waals surface area (Å²) in [7, 11) is -3.57. The molecule has 0 radical (unpaired) electrons. The highest BCUT2D eigenvalue weighted by molar-refractivity contribution is 7.89. The molecule has 0 saturated carbocycles. The molecule has 1 aliphatic rings. The maximum Gasteiger partial charge on any atom is 0.256 e. The van der Waals surface area contributed by atoms with Gasteiger partial charge < -0.3 is 5.32 Å².